The van der Waals surface area contributed by atoms with Crippen LogP contribution >= 0.6 is 11.3 Å². The number of hydrogen-bond acceptors (Lipinski definition) is 6. The third-order valence-corrected chi connectivity index (χ3v) is 6.48. The Balaban J connectivity index is 1.53. The van der Waals surface area contributed by atoms with Crippen LogP contribution in [-0.2, 0) is 4.79 Å². The van der Waals surface area contributed by atoms with Gasteiger partial charge in [0.25, 0.3) is 5.91 Å². The molecule has 1 unspecified atom stereocenters. The van der Waals surface area contributed by atoms with Gasteiger partial charge in [0, 0.05) is 17.1 Å². The fraction of sp³-hybridized carbons (Fsp3) is 0.0370. The number of anilines is 3. The number of para-hydroxylation sites is 1. The van der Waals surface area contributed by atoms with Crippen molar-refractivity contribution in [2.24, 2.45) is 0 Å². The zero-order chi connectivity index (χ0) is 23.7. The van der Waals surface area contributed by atoms with Crippen molar-refractivity contribution < 1.29 is 19.8 Å². The summed E-state index contributed by atoms with van der Waals surface area (Å²) in [5.41, 5.74) is 2.90. The van der Waals surface area contributed by atoms with Gasteiger partial charge in [-0.2, -0.15) is 0 Å². The molecule has 3 N–H and O–H groups in total. The highest BCUT2D eigenvalue weighted by atomic mass is 32.1. The van der Waals surface area contributed by atoms with E-state index in [1.54, 1.807) is 41.8 Å². The summed E-state index contributed by atoms with van der Waals surface area (Å²) in [6.07, 6.45) is 0. The van der Waals surface area contributed by atoms with Gasteiger partial charge in [0.05, 0.1) is 16.5 Å². The molecule has 0 spiro atoms. The zero-order valence-electron chi connectivity index (χ0n) is 17.9. The summed E-state index contributed by atoms with van der Waals surface area (Å²) in [7, 11) is 0. The van der Waals surface area contributed by atoms with Gasteiger partial charge >= 0.3 is 0 Å². The SMILES string of the molecule is O=C(C1=C(O)C(=O)N(c2ccc(Nc3ccccc3)cc2)C1c1ccc(O)cc1)c1cccs1. The van der Waals surface area contributed by atoms with E-state index in [4.69, 9.17) is 0 Å². The van der Waals surface area contributed by atoms with Crippen molar-refractivity contribution in [3.8, 4) is 5.75 Å². The van der Waals surface area contributed by atoms with Crippen molar-refractivity contribution in [3.63, 3.8) is 0 Å². The highest BCUT2D eigenvalue weighted by molar-refractivity contribution is 7.12. The van der Waals surface area contributed by atoms with Gasteiger partial charge in [-0.25, -0.2) is 0 Å². The lowest BCUT2D eigenvalue weighted by molar-refractivity contribution is -0.117. The Kier molecular flexibility index (Phi) is 5.61. The van der Waals surface area contributed by atoms with Gasteiger partial charge in [-0.05, 0) is 65.5 Å². The molecule has 168 valence electrons. The van der Waals surface area contributed by atoms with Crippen LogP contribution in [0.1, 0.15) is 21.3 Å². The van der Waals surface area contributed by atoms with Crippen molar-refractivity contribution in [3.05, 3.63) is 118 Å². The maximum atomic E-state index is 13.3. The van der Waals surface area contributed by atoms with Crippen molar-refractivity contribution in [2.75, 3.05) is 10.2 Å². The molecule has 1 aliphatic rings. The quantitative estimate of drug-likeness (QED) is 0.303. The normalized spacial score (nSPS) is 15.6. The maximum absolute atomic E-state index is 13.3. The molecule has 34 heavy (non-hydrogen) atoms. The van der Waals surface area contributed by atoms with Crippen LogP contribution in [0, 0.1) is 0 Å². The highest BCUT2D eigenvalue weighted by Crippen LogP contribution is 2.42. The number of rotatable bonds is 6. The number of ketones is 1. The number of benzene rings is 3. The van der Waals surface area contributed by atoms with Crippen LogP contribution in [0.25, 0.3) is 0 Å². The van der Waals surface area contributed by atoms with Crippen LogP contribution in [0.2, 0.25) is 0 Å². The van der Waals surface area contributed by atoms with Gasteiger partial charge in [-0.3, -0.25) is 14.5 Å². The molecule has 3 aromatic carbocycles. The molecule has 0 saturated heterocycles. The largest absolute Gasteiger partial charge is 0.508 e. The molecular weight excluding hydrogens is 448 g/mol. The minimum Gasteiger partial charge on any atom is -0.508 e. The second-order valence-electron chi connectivity index (χ2n) is 7.78. The van der Waals surface area contributed by atoms with Gasteiger partial charge in [0.2, 0.25) is 5.78 Å². The summed E-state index contributed by atoms with van der Waals surface area (Å²) in [6.45, 7) is 0. The number of aromatic hydroxyl groups is 1. The van der Waals surface area contributed by atoms with Crippen LogP contribution in [0.15, 0.2) is 108 Å². The number of Topliss-reactive ketones (excluding diaryl/α,β-unsaturated/α-hetero) is 1. The lowest BCUT2D eigenvalue weighted by Crippen LogP contribution is -2.31. The Bertz CT molecular complexity index is 1360. The number of aliphatic hydroxyl groups is 1. The number of aliphatic hydroxyl groups excluding tert-OH is 1. The predicted octanol–water partition coefficient (Wildman–Crippen LogP) is 5.98. The summed E-state index contributed by atoms with van der Waals surface area (Å²) < 4.78 is 0. The second-order valence-corrected chi connectivity index (χ2v) is 8.72. The highest BCUT2D eigenvalue weighted by Gasteiger charge is 2.44. The number of nitrogens with zero attached hydrogens (tertiary/aromatic N) is 1. The van der Waals surface area contributed by atoms with E-state index in [0.29, 0.717) is 16.1 Å². The Morgan fingerprint density at radius 3 is 2.15 bits per heavy atom. The molecule has 6 nitrogen and oxygen atoms in total. The summed E-state index contributed by atoms with van der Waals surface area (Å²) in [5, 5.41) is 25.6. The van der Waals surface area contributed by atoms with Crippen LogP contribution in [0.4, 0.5) is 17.1 Å². The zero-order valence-corrected chi connectivity index (χ0v) is 18.7. The van der Waals surface area contributed by atoms with E-state index in [1.807, 2.05) is 42.5 Å². The topological polar surface area (TPSA) is 89.9 Å². The number of hydrogen-bond donors (Lipinski definition) is 3. The molecule has 1 amide bonds. The van der Waals surface area contributed by atoms with Crippen LogP contribution in [0.5, 0.6) is 5.75 Å². The Labute approximate surface area is 200 Å². The van der Waals surface area contributed by atoms with Crippen LogP contribution in [-0.4, -0.2) is 21.9 Å². The third kappa shape index (κ3) is 3.93. The Hall–Kier alpha value is -4.36. The van der Waals surface area contributed by atoms with Crippen molar-refractivity contribution in [2.45, 2.75) is 6.04 Å². The average Bonchev–Trinajstić information content (AvgIpc) is 3.48. The summed E-state index contributed by atoms with van der Waals surface area (Å²) in [6, 6.07) is 25.7. The fourth-order valence-electron chi connectivity index (χ4n) is 4.01. The lowest BCUT2D eigenvalue weighted by atomic mass is 9.95. The molecule has 7 heteroatoms. The summed E-state index contributed by atoms with van der Waals surface area (Å²) in [4.78, 5) is 28.4. The summed E-state index contributed by atoms with van der Waals surface area (Å²) >= 11 is 1.25. The smallest absolute Gasteiger partial charge is 0.294 e. The predicted molar refractivity (Wildman–Crippen MR) is 133 cm³/mol. The average molecular weight is 469 g/mol. The molecule has 2 heterocycles. The molecule has 0 fully saturated rings. The van der Waals surface area contributed by atoms with E-state index in [0.717, 1.165) is 11.4 Å². The molecule has 5 rings (SSSR count). The summed E-state index contributed by atoms with van der Waals surface area (Å²) in [5.74, 6) is -1.55. The molecule has 1 aromatic heterocycles. The van der Waals surface area contributed by atoms with Crippen LogP contribution < -0.4 is 10.2 Å². The first-order valence-corrected chi connectivity index (χ1v) is 11.5. The Morgan fingerprint density at radius 1 is 0.824 bits per heavy atom. The van der Waals surface area contributed by atoms with E-state index < -0.39 is 23.5 Å². The first-order valence-electron chi connectivity index (χ1n) is 10.6. The van der Waals surface area contributed by atoms with Crippen molar-refractivity contribution >= 4 is 40.1 Å². The number of nitrogens with one attached hydrogen (secondary N) is 1. The van der Waals surface area contributed by atoms with E-state index in [1.165, 1.54) is 28.4 Å². The second kappa shape index (κ2) is 8.88. The monoisotopic (exact) mass is 468 g/mol. The van der Waals surface area contributed by atoms with Gasteiger partial charge in [0.15, 0.2) is 5.76 Å². The minimum absolute atomic E-state index is 0.0182. The molecular formula is C27H20N2O4S. The number of thiophene rings is 1. The van der Waals surface area contributed by atoms with Gasteiger partial charge < -0.3 is 15.5 Å². The molecule has 1 atom stereocenters. The van der Waals surface area contributed by atoms with E-state index in [2.05, 4.69) is 5.32 Å². The molecule has 4 aromatic rings. The van der Waals surface area contributed by atoms with Gasteiger partial charge in [0.1, 0.15) is 5.75 Å². The van der Waals surface area contributed by atoms with E-state index >= 15 is 0 Å². The first kappa shape index (κ1) is 21.5. The van der Waals surface area contributed by atoms with Crippen molar-refractivity contribution in [1.82, 2.24) is 0 Å². The number of phenolic OH excluding ortho intramolecular Hbond substituents is 1. The van der Waals surface area contributed by atoms with E-state index in [-0.39, 0.29) is 11.3 Å². The molecule has 0 radical (unpaired) electrons. The standard InChI is InChI=1S/C27H20N2O4S/c30-21-14-8-17(9-15-21)24-23(25(31)22-7-4-16-34-22)26(32)27(33)29(24)20-12-10-19(11-13-20)28-18-5-2-1-3-6-18/h1-16,24,28,30,32H. The minimum atomic E-state index is -0.837. The molecule has 0 aliphatic carbocycles. The first-order chi connectivity index (χ1) is 16.5. The fourth-order valence-corrected chi connectivity index (χ4v) is 4.69. The van der Waals surface area contributed by atoms with E-state index in [9.17, 15) is 19.8 Å². The lowest BCUT2D eigenvalue weighted by Gasteiger charge is -2.27. The number of carbonyl (C=O) groups is 2. The van der Waals surface area contributed by atoms with Gasteiger partial charge in [-0.15, -0.1) is 11.3 Å². The molecule has 0 saturated carbocycles. The van der Waals surface area contributed by atoms with Crippen molar-refractivity contribution in [1.29, 1.82) is 0 Å². The number of amides is 1. The maximum Gasteiger partial charge on any atom is 0.294 e. The molecule has 1 aliphatic heterocycles. The Morgan fingerprint density at radius 2 is 1.50 bits per heavy atom. The van der Waals surface area contributed by atoms with Crippen LogP contribution in [0.3, 0.4) is 0 Å². The van der Waals surface area contributed by atoms with Gasteiger partial charge in [-0.1, -0.05) is 36.4 Å². The third-order valence-electron chi connectivity index (χ3n) is 5.61. The number of phenols is 1. The number of carbonyl (C=O) groups excluding carboxylic acids is 2. The molecule has 0 bridgehead atoms.